The third kappa shape index (κ3) is 5.12. The second-order valence-corrected chi connectivity index (χ2v) is 7.27. The minimum Gasteiger partial charge on any atom is -0.365 e. The molecular formula is C23H21FN6O2. The van der Waals surface area contributed by atoms with Crippen LogP contribution < -0.4 is 10.6 Å². The van der Waals surface area contributed by atoms with Gasteiger partial charge in [-0.15, -0.1) is 15.3 Å². The molecule has 0 bridgehead atoms. The zero-order valence-corrected chi connectivity index (χ0v) is 17.4. The fourth-order valence-corrected chi connectivity index (χ4v) is 3.14. The Labute approximate surface area is 183 Å². The summed E-state index contributed by atoms with van der Waals surface area (Å²) >= 11 is 0. The average Bonchev–Trinajstić information content (AvgIpc) is 3.20. The van der Waals surface area contributed by atoms with Crippen LogP contribution in [0.5, 0.6) is 0 Å². The monoisotopic (exact) mass is 432 g/mol. The Morgan fingerprint density at radius 3 is 2.62 bits per heavy atom. The molecule has 0 radical (unpaired) electrons. The molecule has 2 aromatic carbocycles. The van der Waals surface area contributed by atoms with E-state index >= 15 is 0 Å². The van der Waals surface area contributed by atoms with Gasteiger partial charge in [-0.2, -0.15) is 4.52 Å². The van der Waals surface area contributed by atoms with Crippen LogP contribution in [0, 0.1) is 5.82 Å². The van der Waals surface area contributed by atoms with Crippen LogP contribution in [0.3, 0.4) is 0 Å². The molecular weight excluding hydrogens is 411 g/mol. The molecule has 0 saturated heterocycles. The number of benzene rings is 2. The first-order chi connectivity index (χ1) is 15.5. The highest BCUT2D eigenvalue weighted by atomic mass is 19.1. The lowest BCUT2D eigenvalue weighted by atomic mass is 10.1. The standard InChI is InChI=1S/C23H21FN6O2/c1-15(31)17-3-2-4-19(13-17)26-23(32)12-11-22-28-27-21-10-9-20(29-30(21)22)25-14-16-5-7-18(24)8-6-16/h2-10,13H,11-12,14H2,1H3,(H,25,29)(H,26,32). The van der Waals surface area contributed by atoms with Crippen LogP contribution in [0.1, 0.15) is 35.1 Å². The molecule has 1 amide bonds. The molecule has 9 heteroatoms. The van der Waals surface area contributed by atoms with Crippen molar-refractivity contribution in [2.45, 2.75) is 26.3 Å². The van der Waals surface area contributed by atoms with Crippen molar-refractivity contribution in [2.24, 2.45) is 0 Å². The number of Topliss-reactive ketones (excluding diaryl/α,β-unsaturated/α-hetero) is 1. The largest absolute Gasteiger partial charge is 0.365 e. The van der Waals surface area contributed by atoms with E-state index in [1.54, 1.807) is 53.0 Å². The van der Waals surface area contributed by atoms with Crippen LogP contribution in [-0.2, 0) is 17.8 Å². The first-order valence-corrected chi connectivity index (χ1v) is 10.1. The summed E-state index contributed by atoms with van der Waals surface area (Å²) in [5.74, 6) is 0.614. The van der Waals surface area contributed by atoms with E-state index in [2.05, 4.69) is 25.9 Å². The molecule has 0 aliphatic heterocycles. The summed E-state index contributed by atoms with van der Waals surface area (Å²) in [6, 6.07) is 16.6. The Morgan fingerprint density at radius 2 is 1.84 bits per heavy atom. The minimum absolute atomic E-state index is 0.0639. The second-order valence-electron chi connectivity index (χ2n) is 7.27. The normalized spacial score (nSPS) is 10.8. The van der Waals surface area contributed by atoms with Gasteiger partial charge in [-0.05, 0) is 48.9 Å². The van der Waals surface area contributed by atoms with E-state index in [0.29, 0.717) is 41.5 Å². The van der Waals surface area contributed by atoms with Crippen molar-refractivity contribution in [3.8, 4) is 0 Å². The number of nitrogens with one attached hydrogen (secondary N) is 2. The number of carbonyl (C=O) groups excluding carboxylic acids is 2. The maximum atomic E-state index is 13.0. The highest BCUT2D eigenvalue weighted by Crippen LogP contribution is 2.13. The zero-order valence-electron chi connectivity index (χ0n) is 17.4. The molecule has 2 heterocycles. The first-order valence-electron chi connectivity index (χ1n) is 10.1. The number of nitrogens with zero attached hydrogens (tertiary/aromatic N) is 4. The van der Waals surface area contributed by atoms with Gasteiger partial charge in [0.1, 0.15) is 11.6 Å². The van der Waals surface area contributed by atoms with Crippen molar-refractivity contribution in [3.63, 3.8) is 0 Å². The van der Waals surface area contributed by atoms with Gasteiger partial charge in [-0.3, -0.25) is 9.59 Å². The van der Waals surface area contributed by atoms with E-state index in [-0.39, 0.29) is 23.9 Å². The average molecular weight is 432 g/mol. The first kappa shape index (κ1) is 21.1. The molecule has 4 rings (SSSR count). The van der Waals surface area contributed by atoms with Gasteiger partial charge in [0.25, 0.3) is 0 Å². The van der Waals surface area contributed by atoms with Gasteiger partial charge >= 0.3 is 0 Å². The molecule has 0 fully saturated rings. The van der Waals surface area contributed by atoms with E-state index in [9.17, 15) is 14.0 Å². The lowest BCUT2D eigenvalue weighted by Crippen LogP contribution is -2.14. The molecule has 32 heavy (non-hydrogen) atoms. The molecule has 0 aliphatic carbocycles. The Bertz CT molecular complexity index is 1270. The molecule has 2 N–H and O–H groups in total. The van der Waals surface area contributed by atoms with Gasteiger partial charge < -0.3 is 10.6 Å². The topological polar surface area (TPSA) is 101 Å². The fourth-order valence-electron chi connectivity index (χ4n) is 3.14. The summed E-state index contributed by atoms with van der Waals surface area (Å²) in [4.78, 5) is 23.9. The van der Waals surface area contributed by atoms with E-state index < -0.39 is 0 Å². The Hall–Kier alpha value is -4.14. The number of rotatable bonds is 8. The zero-order chi connectivity index (χ0) is 22.5. The van der Waals surface area contributed by atoms with Gasteiger partial charge in [-0.1, -0.05) is 24.3 Å². The predicted molar refractivity (Wildman–Crippen MR) is 118 cm³/mol. The number of amides is 1. The maximum Gasteiger partial charge on any atom is 0.224 e. The summed E-state index contributed by atoms with van der Waals surface area (Å²) in [6.45, 7) is 1.96. The third-order valence-corrected chi connectivity index (χ3v) is 4.84. The van der Waals surface area contributed by atoms with Crippen molar-refractivity contribution in [2.75, 3.05) is 10.6 Å². The highest BCUT2D eigenvalue weighted by molar-refractivity contribution is 5.97. The quantitative estimate of drug-likeness (QED) is 0.412. The molecule has 2 aromatic heterocycles. The molecule has 0 unspecified atom stereocenters. The molecule has 162 valence electrons. The van der Waals surface area contributed by atoms with Gasteiger partial charge in [0.15, 0.2) is 17.3 Å². The maximum absolute atomic E-state index is 13.0. The van der Waals surface area contributed by atoms with E-state index in [1.165, 1.54) is 19.1 Å². The molecule has 4 aromatic rings. The second kappa shape index (κ2) is 9.34. The number of aromatic nitrogens is 4. The van der Waals surface area contributed by atoms with Crippen molar-refractivity contribution in [1.29, 1.82) is 0 Å². The van der Waals surface area contributed by atoms with Crippen LogP contribution in [0.15, 0.2) is 60.7 Å². The van der Waals surface area contributed by atoms with Crippen molar-refractivity contribution in [1.82, 2.24) is 19.8 Å². The number of halogens is 1. The highest BCUT2D eigenvalue weighted by Gasteiger charge is 2.11. The SMILES string of the molecule is CC(=O)c1cccc(NC(=O)CCc2nnc3ccc(NCc4ccc(F)cc4)nn23)c1. The van der Waals surface area contributed by atoms with Crippen LogP contribution in [0.4, 0.5) is 15.9 Å². The number of aryl methyl sites for hydroxylation is 1. The summed E-state index contributed by atoms with van der Waals surface area (Å²) in [5.41, 5.74) is 2.60. The van der Waals surface area contributed by atoms with Gasteiger partial charge in [0.05, 0.1) is 0 Å². The number of carbonyl (C=O) groups is 2. The predicted octanol–water partition coefficient (Wildman–Crippen LogP) is 3.65. The summed E-state index contributed by atoms with van der Waals surface area (Å²) < 4.78 is 14.6. The number of hydrogen-bond acceptors (Lipinski definition) is 6. The van der Waals surface area contributed by atoms with Gasteiger partial charge in [0.2, 0.25) is 5.91 Å². The summed E-state index contributed by atoms with van der Waals surface area (Å²) in [6.07, 6.45) is 0.522. The van der Waals surface area contributed by atoms with Crippen molar-refractivity contribution >= 4 is 28.8 Å². The van der Waals surface area contributed by atoms with Gasteiger partial charge in [-0.25, -0.2) is 4.39 Å². The number of fused-ring (bicyclic) bond motifs is 1. The Kier molecular flexibility index (Phi) is 6.16. The Balaban J connectivity index is 1.39. The lowest BCUT2D eigenvalue weighted by Gasteiger charge is -2.07. The van der Waals surface area contributed by atoms with E-state index in [0.717, 1.165) is 5.56 Å². The smallest absolute Gasteiger partial charge is 0.224 e. The molecule has 0 aliphatic rings. The number of ketones is 1. The third-order valence-electron chi connectivity index (χ3n) is 4.84. The summed E-state index contributed by atoms with van der Waals surface area (Å²) in [7, 11) is 0. The van der Waals surface area contributed by atoms with Crippen LogP contribution >= 0.6 is 0 Å². The lowest BCUT2D eigenvalue weighted by molar-refractivity contribution is -0.116. The van der Waals surface area contributed by atoms with Crippen LogP contribution in [0.2, 0.25) is 0 Å². The molecule has 0 saturated carbocycles. The summed E-state index contributed by atoms with van der Waals surface area (Å²) in [5, 5.41) is 18.7. The van der Waals surface area contributed by atoms with Crippen LogP contribution in [0.25, 0.3) is 5.65 Å². The molecule has 8 nitrogen and oxygen atoms in total. The molecule has 0 spiro atoms. The fraction of sp³-hybridized carbons (Fsp3) is 0.174. The van der Waals surface area contributed by atoms with E-state index in [4.69, 9.17) is 0 Å². The van der Waals surface area contributed by atoms with Crippen molar-refractivity contribution in [3.05, 3.63) is 83.4 Å². The number of anilines is 2. The van der Waals surface area contributed by atoms with Crippen molar-refractivity contribution < 1.29 is 14.0 Å². The van der Waals surface area contributed by atoms with Gasteiger partial charge in [0, 0.05) is 30.6 Å². The van der Waals surface area contributed by atoms with E-state index in [1.807, 2.05) is 0 Å². The Morgan fingerprint density at radius 1 is 1.03 bits per heavy atom. The number of hydrogen-bond donors (Lipinski definition) is 2. The van der Waals surface area contributed by atoms with Crippen LogP contribution in [-0.4, -0.2) is 31.5 Å². The minimum atomic E-state index is -0.280. The molecule has 0 atom stereocenters.